The number of allylic oxidation sites excluding steroid dienone is 2. The Kier molecular flexibility index (Phi) is 3.41. The van der Waals surface area contributed by atoms with Crippen LogP contribution in [0, 0.1) is 0 Å². The quantitative estimate of drug-likeness (QED) is 0.825. The van der Waals surface area contributed by atoms with Crippen molar-refractivity contribution in [2.24, 2.45) is 0 Å². The molecule has 1 aromatic heterocycles. The van der Waals surface area contributed by atoms with Crippen molar-refractivity contribution in [1.82, 2.24) is 9.88 Å². The van der Waals surface area contributed by atoms with Crippen LogP contribution in [0.4, 0.5) is 0 Å². The van der Waals surface area contributed by atoms with Crippen LogP contribution in [0.3, 0.4) is 0 Å². The molecule has 1 atom stereocenters. The van der Waals surface area contributed by atoms with E-state index >= 15 is 0 Å². The zero-order valence-electron chi connectivity index (χ0n) is 10.7. The molecule has 2 aromatic rings. The summed E-state index contributed by atoms with van der Waals surface area (Å²) in [5, 5.41) is 0. The summed E-state index contributed by atoms with van der Waals surface area (Å²) in [6, 6.07) is 15.0. The molecule has 0 amide bonds. The van der Waals surface area contributed by atoms with E-state index in [0.29, 0.717) is 0 Å². The Morgan fingerprint density at radius 1 is 0.895 bits per heavy atom. The van der Waals surface area contributed by atoms with E-state index in [1.54, 1.807) is 0 Å². The van der Waals surface area contributed by atoms with Gasteiger partial charge in [0.2, 0.25) is 0 Å². The number of aromatic nitrogens is 1. The molecule has 0 saturated heterocycles. The third-order valence-electron chi connectivity index (χ3n) is 3.31. The number of nitrogens with zero attached hydrogens (tertiary/aromatic N) is 2. The molecule has 1 aliphatic rings. The molecule has 0 spiro atoms. The second-order valence-electron chi connectivity index (χ2n) is 4.56. The molecule has 19 heavy (non-hydrogen) atoms. The van der Waals surface area contributed by atoms with Crippen LogP contribution in [0.5, 0.6) is 0 Å². The lowest BCUT2D eigenvalue weighted by atomic mass is 9.98. The largest absolute Gasteiger partial charge is 0.363 e. The topological polar surface area (TPSA) is 16.1 Å². The summed E-state index contributed by atoms with van der Waals surface area (Å²) in [6.07, 6.45) is 12.2. The van der Waals surface area contributed by atoms with Gasteiger partial charge in [-0.2, -0.15) is 0 Å². The van der Waals surface area contributed by atoms with Crippen LogP contribution in [0.15, 0.2) is 79.3 Å². The normalized spacial score (nSPS) is 15.5. The average Bonchev–Trinajstić information content (AvgIpc) is 2.51. The van der Waals surface area contributed by atoms with Crippen LogP contribution in [0.25, 0.3) is 0 Å². The minimum atomic E-state index is 0.241. The van der Waals surface area contributed by atoms with Crippen molar-refractivity contribution in [1.29, 1.82) is 0 Å². The molecule has 1 aliphatic heterocycles. The smallest absolute Gasteiger partial charge is 0.0794 e. The van der Waals surface area contributed by atoms with E-state index in [2.05, 4.69) is 76.8 Å². The maximum Gasteiger partial charge on any atom is 0.0794 e. The van der Waals surface area contributed by atoms with Gasteiger partial charge in [0.05, 0.1) is 6.04 Å². The lowest BCUT2D eigenvalue weighted by Gasteiger charge is -2.31. The molecule has 0 radical (unpaired) electrons. The first-order chi connectivity index (χ1) is 9.45. The van der Waals surface area contributed by atoms with Crippen LogP contribution in [0.1, 0.15) is 17.2 Å². The van der Waals surface area contributed by atoms with Crippen LogP contribution in [-0.4, -0.2) is 16.4 Å². The van der Waals surface area contributed by atoms with Crippen molar-refractivity contribution in [2.75, 3.05) is 6.54 Å². The highest BCUT2D eigenvalue weighted by atomic mass is 15.1. The van der Waals surface area contributed by atoms with Gasteiger partial charge in [-0.3, -0.25) is 4.98 Å². The Labute approximate surface area is 113 Å². The Hall–Kier alpha value is -2.35. The summed E-state index contributed by atoms with van der Waals surface area (Å²) in [4.78, 5) is 6.45. The number of benzene rings is 1. The molecule has 94 valence electrons. The maximum atomic E-state index is 4.12. The molecule has 0 N–H and O–H groups in total. The Morgan fingerprint density at radius 3 is 2.32 bits per heavy atom. The molecule has 2 heteroatoms. The Morgan fingerprint density at radius 2 is 1.63 bits per heavy atom. The summed E-state index contributed by atoms with van der Waals surface area (Å²) >= 11 is 0. The van der Waals surface area contributed by atoms with Gasteiger partial charge in [0.15, 0.2) is 0 Å². The molecule has 0 unspecified atom stereocenters. The zero-order chi connectivity index (χ0) is 12.9. The van der Waals surface area contributed by atoms with Crippen molar-refractivity contribution >= 4 is 0 Å². The van der Waals surface area contributed by atoms with Crippen LogP contribution in [-0.2, 0) is 0 Å². The van der Waals surface area contributed by atoms with Gasteiger partial charge in [0, 0.05) is 25.1 Å². The maximum absolute atomic E-state index is 4.12. The zero-order valence-corrected chi connectivity index (χ0v) is 10.7. The van der Waals surface area contributed by atoms with Crippen LogP contribution < -0.4 is 0 Å². The van der Waals surface area contributed by atoms with Crippen LogP contribution >= 0.6 is 0 Å². The van der Waals surface area contributed by atoms with E-state index in [4.69, 9.17) is 0 Å². The fourth-order valence-corrected chi connectivity index (χ4v) is 2.43. The summed E-state index contributed by atoms with van der Waals surface area (Å²) in [5.74, 6) is 0. The fraction of sp³-hybridized carbons (Fsp3) is 0.118. The van der Waals surface area contributed by atoms with Crippen molar-refractivity contribution in [3.8, 4) is 0 Å². The first-order valence-electron chi connectivity index (χ1n) is 6.49. The third kappa shape index (κ3) is 2.58. The molecule has 2 heterocycles. The molecule has 0 aliphatic carbocycles. The van der Waals surface area contributed by atoms with E-state index in [0.717, 1.165) is 6.54 Å². The predicted octanol–water partition coefficient (Wildman–Crippen LogP) is 3.56. The minimum Gasteiger partial charge on any atom is -0.363 e. The molecular weight excluding hydrogens is 232 g/mol. The third-order valence-corrected chi connectivity index (χ3v) is 3.31. The van der Waals surface area contributed by atoms with Crippen molar-refractivity contribution in [3.63, 3.8) is 0 Å². The molecule has 0 fully saturated rings. The number of pyridine rings is 1. The number of rotatable bonds is 3. The van der Waals surface area contributed by atoms with Gasteiger partial charge in [-0.05, 0) is 29.3 Å². The van der Waals surface area contributed by atoms with E-state index in [1.807, 2.05) is 12.4 Å². The van der Waals surface area contributed by atoms with E-state index in [1.165, 1.54) is 11.1 Å². The summed E-state index contributed by atoms with van der Waals surface area (Å²) in [7, 11) is 0. The average molecular weight is 248 g/mol. The lowest BCUT2D eigenvalue weighted by molar-refractivity contribution is 0.346. The van der Waals surface area contributed by atoms with Crippen molar-refractivity contribution in [3.05, 3.63) is 90.4 Å². The first kappa shape index (κ1) is 11.7. The van der Waals surface area contributed by atoms with Crippen LogP contribution in [0.2, 0.25) is 0 Å². The molecule has 3 rings (SSSR count). The first-order valence-corrected chi connectivity index (χ1v) is 6.49. The second kappa shape index (κ2) is 5.53. The fourth-order valence-electron chi connectivity index (χ4n) is 2.43. The van der Waals surface area contributed by atoms with Gasteiger partial charge in [0.1, 0.15) is 0 Å². The summed E-state index contributed by atoms with van der Waals surface area (Å²) in [5.41, 5.74) is 2.56. The highest BCUT2D eigenvalue weighted by Gasteiger charge is 2.19. The molecule has 0 saturated carbocycles. The van der Waals surface area contributed by atoms with Gasteiger partial charge in [0.25, 0.3) is 0 Å². The molecule has 2 nitrogen and oxygen atoms in total. The SMILES string of the molecule is C1=CCN([C@@H](c2ccccc2)c2ccncc2)C=C1. The van der Waals surface area contributed by atoms with E-state index in [-0.39, 0.29) is 6.04 Å². The Bertz CT molecular complexity index is 533. The standard InChI is InChI=1S/C17H16N2/c1-3-7-15(8-4-1)17(16-9-11-18-12-10-16)19-13-5-2-6-14-19/h1-13,17H,14H2/t17-/m0/s1. The van der Waals surface area contributed by atoms with Crippen molar-refractivity contribution in [2.45, 2.75) is 6.04 Å². The molecule has 0 bridgehead atoms. The number of hydrogen-bond acceptors (Lipinski definition) is 2. The van der Waals surface area contributed by atoms with Gasteiger partial charge < -0.3 is 4.90 Å². The monoisotopic (exact) mass is 248 g/mol. The molecular formula is C17H16N2. The van der Waals surface area contributed by atoms with Gasteiger partial charge >= 0.3 is 0 Å². The summed E-state index contributed by atoms with van der Waals surface area (Å²) in [6.45, 7) is 0.929. The predicted molar refractivity (Wildman–Crippen MR) is 77.5 cm³/mol. The Balaban J connectivity index is 2.01. The second-order valence-corrected chi connectivity index (χ2v) is 4.56. The van der Waals surface area contributed by atoms with Crippen molar-refractivity contribution < 1.29 is 0 Å². The van der Waals surface area contributed by atoms with Gasteiger partial charge in [-0.25, -0.2) is 0 Å². The highest BCUT2D eigenvalue weighted by Crippen LogP contribution is 2.29. The van der Waals surface area contributed by atoms with Gasteiger partial charge in [-0.1, -0.05) is 42.5 Å². The lowest BCUT2D eigenvalue weighted by Crippen LogP contribution is -2.25. The minimum absolute atomic E-state index is 0.241. The van der Waals surface area contributed by atoms with Gasteiger partial charge in [-0.15, -0.1) is 0 Å². The number of hydrogen-bond donors (Lipinski definition) is 0. The van der Waals surface area contributed by atoms with E-state index < -0.39 is 0 Å². The highest BCUT2D eigenvalue weighted by molar-refractivity contribution is 5.32. The summed E-state index contributed by atoms with van der Waals surface area (Å²) < 4.78 is 0. The van der Waals surface area contributed by atoms with E-state index in [9.17, 15) is 0 Å². The molecule has 1 aromatic carbocycles.